The van der Waals surface area contributed by atoms with Crippen LogP contribution in [0.1, 0.15) is 44.9 Å². The molecule has 2 unspecified atom stereocenters. The van der Waals surface area contributed by atoms with E-state index in [0.717, 1.165) is 38.7 Å². The number of carbonyl (C=O) groups is 1. The summed E-state index contributed by atoms with van der Waals surface area (Å²) in [5.74, 6) is 0.441. The average molecular weight is 303 g/mol. The van der Waals surface area contributed by atoms with Gasteiger partial charge in [-0.15, -0.1) is 0 Å². The maximum Gasteiger partial charge on any atom is 0.211 e. The normalized spacial score (nSPS) is 28.6. The quantitative estimate of drug-likeness (QED) is 0.747. The van der Waals surface area contributed by atoms with E-state index in [-0.39, 0.29) is 17.8 Å². The highest BCUT2D eigenvalue weighted by Gasteiger charge is 2.27. The van der Waals surface area contributed by atoms with Crippen molar-refractivity contribution >= 4 is 15.8 Å². The molecule has 2 fully saturated rings. The van der Waals surface area contributed by atoms with E-state index in [1.54, 1.807) is 0 Å². The number of hydrogen-bond acceptors (Lipinski definition) is 4. The first kappa shape index (κ1) is 15.9. The molecule has 0 aromatic heterocycles. The summed E-state index contributed by atoms with van der Waals surface area (Å²) < 4.78 is 30.1. The number of ether oxygens (including phenoxy) is 1. The molecule has 0 aliphatic carbocycles. The summed E-state index contributed by atoms with van der Waals surface area (Å²) in [7, 11) is -3.12. The van der Waals surface area contributed by atoms with Crippen LogP contribution in [0.2, 0.25) is 0 Å². The van der Waals surface area contributed by atoms with Crippen molar-refractivity contribution in [3.8, 4) is 0 Å². The molecule has 0 aromatic carbocycles. The van der Waals surface area contributed by atoms with Gasteiger partial charge in [-0.25, -0.2) is 12.7 Å². The fraction of sp³-hybridized carbons (Fsp3) is 0.929. The van der Waals surface area contributed by atoms with Gasteiger partial charge in [-0.1, -0.05) is 0 Å². The molecular weight excluding hydrogens is 278 g/mol. The molecular formula is C14H25NO4S. The zero-order chi connectivity index (χ0) is 14.6. The van der Waals surface area contributed by atoms with Gasteiger partial charge in [0.05, 0.1) is 12.4 Å². The molecule has 0 saturated carbocycles. The largest absolute Gasteiger partial charge is 0.378 e. The highest BCUT2D eigenvalue weighted by molar-refractivity contribution is 7.88. The van der Waals surface area contributed by atoms with Crippen molar-refractivity contribution in [1.29, 1.82) is 0 Å². The van der Waals surface area contributed by atoms with Crippen molar-refractivity contribution in [2.45, 2.75) is 51.0 Å². The fourth-order valence-corrected chi connectivity index (χ4v) is 4.06. The van der Waals surface area contributed by atoms with E-state index >= 15 is 0 Å². The Bertz CT molecular complexity index is 428. The van der Waals surface area contributed by atoms with E-state index < -0.39 is 10.0 Å². The SMILES string of the molecule is CS(=O)(=O)N1CCCC(CC(=O)CCC2CCCO2)C1. The second kappa shape index (κ2) is 7.00. The standard InChI is InChI=1S/C14H25NO4S/c1-20(17,18)15-8-2-4-12(11-15)10-13(16)6-7-14-5-3-9-19-14/h12,14H,2-11H2,1H3. The van der Waals surface area contributed by atoms with Crippen molar-refractivity contribution < 1.29 is 17.9 Å². The Kier molecular flexibility index (Phi) is 5.57. The number of carbonyl (C=O) groups excluding carboxylic acids is 1. The minimum Gasteiger partial charge on any atom is -0.378 e. The predicted molar refractivity (Wildman–Crippen MR) is 77.0 cm³/mol. The summed E-state index contributed by atoms with van der Waals surface area (Å²) in [4.78, 5) is 12.0. The molecule has 6 heteroatoms. The second-order valence-electron chi connectivity index (χ2n) is 6.05. The van der Waals surface area contributed by atoms with Crippen LogP contribution in [-0.4, -0.2) is 50.6 Å². The zero-order valence-electron chi connectivity index (χ0n) is 12.2. The predicted octanol–water partition coefficient (Wildman–Crippen LogP) is 1.58. The van der Waals surface area contributed by atoms with Crippen molar-refractivity contribution in [3.05, 3.63) is 0 Å². The number of rotatable bonds is 6. The molecule has 0 aromatic rings. The third-order valence-electron chi connectivity index (χ3n) is 4.24. The lowest BCUT2D eigenvalue weighted by molar-refractivity contribution is -0.120. The molecule has 2 rings (SSSR count). The summed E-state index contributed by atoms with van der Waals surface area (Å²) in [5, 5.41) is 0. The minimum absolute atomic E-state index is 0.190. The van der Waals surface area contributed by atoms with E-state index in [2.05, 4.69) is 0 Å². The van der Waals surface area contributed by atoms with Crippen LogP contribution >= 0.6 is 0 Å². The third-order valence-corrected chi connectivity index (χ3v) is 5.51. The molecule has 2 aliphatic heterocycles. The monoisotopic (exact) mass is 303 g/mol. The van der Waals surface area contributed by atoms with Gasteiger partial charge in [-0.05, 0) is 38.0 Å². The first-order valence-corrected chi connectivity index (χ1v) is 9.38. The lowest BCUT2D eigenvalue weighted by Crippen LogP contribution is -2.39. The van der Waals surface area contributed by atoms with Gasteiger partial charge in [-0.2, -0.15) is 0 Å². The molecule has 2 atom stereocenters. The maximum absolute atomic E-state index is 12.0. The Hall–Kier alpha value is -0.460. The number of Topliss-reactive ketones (excluding diaryl/α,β-unsaturated/α-hetero) is 1. The van der Waals surface area contributed by atoms with Crippen LogP contribution in [0.25, 0.3) is 0 Å². The molecule has 5 nitrogen and oxygen atoms in total. The molecule has 0 bridgehead atoms. The highest BCUT2D eigenvalue weighted by Crippen LogP contribution is 2.23. The molecule has 2 aliphatic rings. The van der Waals surface area contributed by atoms with E-state index in [1.165, 1.54) is 10.6 Å². The number of piperidine rings is 1. The number of hydrogen-bond donors (Lipinski definition) is 0. The van der Waals surface area contributed by atoms with Gasteiger partial charge in [0.15, 0.2) is 0 Å². The van der Waals surface area contributed by atoms with Crippen LogP contribution in [0.4, 0.5) is 0 Å². The van der Waals surface area contributed by atoms with E-state index in [1.807, 2.05) is 0 Å². The Morgan fingerprint density at radius 3 is 2.75 bits per heavy atom. The summed E-state index contributed by atoms with van der Waals surface area (Å²) in [6.07, 6.45) is 7.39. The Morgan fingerprint density at radius 1 is 1.30 bits per heavy atom. The van der Waals surface area contributed by atoms with Crippen LogP contribution in [-0.2, 0) is 19.6 Å². The lowest BCUT2D eigenvalue weighted by atomic mass is 9.92. The minimum atomic E-state index is -3.12. The lowest BCUT2D eigenvalue weighted by Gasteiger charge is -2.30. The number of sulfonamides is 1. The summed E-state index contributed by atoms with van der Waals surface area (Å²) >= 11 is 0. The average Bonchev–Trinajstić information content (AvgIpc) is 2.89. The van der Waals surface area contributed by atoms with E-state index in [9.17, 15) is 13.2 Å². The van der Waals surface area contributed by atoms with Crippen LogP contribution in [0.5, 0.6) is 0 Å². The molecule has 0 N–H and O–H groups in total. The van der Waals surface area contributed by atoms with Gasteiger partial charge in [0.1, 0.15) is 5.78 Å². The van der Waals surface area contributed by atoms with Gasteiger partial charge in [0.25, 0.3) is 0 Å². The van der Waals surface area contributed by atoms with Gasteiger partial charge < -0.3 is 4.74 Å². The summed E-state index contributed by atoms with van der Waals surface area (Å²) in [6, 6.07) is 0. The van der Waals surface area contributed by atoms with Gasteiger partial charge in [0.2, 0.25) is 10.0 Å². The summed E-state index contributed by atoms with van der Waals surface area (Å²) in [6.45, 7) is 1.93. The molecule has 0 spiro atoms. The van der Waals surface area contributed by atoms with Gasteiger partial charge in [-0.3, -0.25) is 4.79 Å². The van der Waals surface area contributed by atoms with Crippen LogP contribution in [0.3, 0.4) is 0 Å². The fourth-order valence-electron chi connectivity index (χ4n) is 3.11. The van der Waals surface area contributed by atoms with Gasteiger partial charge in [0, 0.05) is 32.5 Å². The molecule has 2 saturated heterocycles. The highest BCUT2D eigenvalue weighted by atomic mass is 32.2. The van der Waals surface area contributed by atoms with Crippen LogP contribution in [0, 0.1) is 5.92 Å². The van der Waals surface area contributed by atoms with Crippen molar-refractivity contribution in [3.63, 3.8) is 0 Å². The van der Waals surface area contributed by atoms with E-state index in [4.69, 9.17) is 4.74 Å². The summed E-state index contributed by atoms with van der Waals surface area (Å²) in [5.41, 5.74) is 0. The molecule has 116 valence electrons. The first-order chi connectivity index (χ1) is 9.45. The number of nitrogens with zero attached hydrogens (tertiary/aromatic N) is 1. The van der Waals surface area contributed by atoms with Crippen molar-refractivity contribution in [2.75, 3.05) is 26.0 Å². The molecule has 20 heavy (non-hydrogen) atoms. The smallest absolute Gasteiger partial charge is 0.211 e. The topological polar surface area (TPSA) is 63.7 Å². The Morgan fingerprint density at radius 2 is 2.10 bits per heavy atom. The van der Waals surface area contributed by atoms with Gasteiger partial charge >= 0.3 is 0 Å². The van der Waals surface area contributed by atoms with Crippen LogP contribution < -0.4 is 0 Å². The Labute approximate surface area is 121 Å². The number of ketones is 1. The molecule has 0 amide bonds. The third kappa shape index (κ3) is 4.82. The Balaban J connectivity index is 1.73. The molecule has 0 radical (unpaired) electrons. The molecule has 2 heterocycles. The first-order valence-electron chi connectivity index (χ1n) is 7.53. The zero-order valence-corrected chi connectivity index (χ0v) is 13.0. The van der Waals surface area contributed by atoms with Crippen molar-refractivity contribution in [2.24, 2.45) is 5.92 Å². The van der Waals surface area contributed by atoms with Crippen molar-refractivity contribution in [1.82, 2.24) is 4.31 Å². The van der Waals surface area contributed by atoms with Crippen LogP contribution in [0.15, 0.2) is 0 Å². The van der Waals surface area contributed by atoms with E-state index in [0.29, 0.717) is 25.9 Å². The second-order valence-corrected chi connectivity index (χ2v) is 8.03. The maximum atomic E-state index is 12.0.